The van der Waals surface area contributed by atoms with Crippen LogP contribution in [0.1, 0.15) is 54.2 Å². The predicted molar refractivity (Wildman–Crippen MR) is 249 cm³/mol. The number of nitrogens with zero attached hydrogens (tertiary/aromatic N) is 6. The smallest absolute Gasteiger partial charge is 0.546 e. The zero-order valence-electron chi connectivity index (χ0n) is 37.6. The molecule has 0 fully saturated rings. The van der Waals surface area contributed by atoms with E-state index in [9.17, 15) is 29.7 Å². The summed E-state index contributed by atoms with van der Waals surface area (Å²) in [5.74, 6) is -2.13. The SMILES string of the molecule is CC1=NC(C(=O)[O-])(c2ccccc2)NN1c1ccccc1C.CC1=NC(C(=O)[O-])(c2ccccc2)NN1c1ccccc1C.CC1=NC(C(=O)[O-])(c2ccccc2)NN1c1ccccc1C.[Ir+3]. The van der Waals surface area contributed by atoms with Gasteiger partial charge in [-0.3, -0.25) is 15.0 Å². The Balaban J connectivity index is 0.000000165. The van der Waals surface area contributed by atoms with Gasteiger partial charge in [0.1, 0.15) is 17.5 Å². The maximum Gasteiger partial charge on any atom is 3.00 e. The number of hydrazine groups is 3. The molecule has 3 heterocycles. The molecule has 6 aromatic carbocycles. The minimum atomic E-state index is -1.60. The Labute approximate surface area is 402 Å². The van der Waals surface area contributed by atoms with E-state index in [0.29, 0.717) is 34.2 Å². The number of benzene rings is 6. The van der Waals surface area contributed by atoms with Crippen molar-refractivity contribution >= 4 is 52.5 Å². The number of carbonyl (C=O) groups is 3. The first-order valence-corrected chi connectivity index (χ1v) is 21.0. The van der Waals surface area contributed by atoms with Gasteiger partial charge in [0.15, 0.2) is 17.0 Å². The van der Waals surface area contributed by atoms with Gasteiger partial charge in [0.05, 0.1) is 35.0 Å². The number of aryl methyl sites for hydroxylation is 3. The standard InChI is InChI=1S/3C17H17N3O2.Ir/c3*1-12-8-6-7-11-15(12)20-13(2)18-17(19-20,16(21)22)14-9-4-3-5-10-14;/h3*3-11,19H,1-2H3,(H,21,22);/q;;;+3/p-3. The van der Waals surface area contributed by atoms with Crippen LogP contribution in [0.2, 0.25) is 0 Å². The van der Waals surface area contributed by atoms with Crippen LogP contribution in [-0.4, -0.2) is 35.4 Å². The minimum Gasteiger partial charge on any atom is -0.546 e. The second kappa shape index (κ2) is 20.5. The second-order valence-electron chi connectivity index (χ2n) is 15.8. The Kier molecular flexibility index (Phi) is 15.0. The Bertz CT molecular complexity index is 2540. The zero-order chi connectivity index (χ0) is 47.2. The summed E-state index contributed by atoms with van der Waals surface area (Å²) in [6, 6.07) is 49.7. The van der Waals surface area contributed by atoms with Crippen LogP contribution in [0.3, 0.4) is 0 Å². The van der Waals surface area contributed by atoms with E-state index in [1.54, 1.807) is 109 Å². The van der Waals surface area contributed by atoms with Gasteiger partial charge in [-0.15, -0.1) is 0 Å². The van der Waals surface area contributed by atoms with Crippen molar-refractivity contribution in [3.63, 3.8) is 0 Å². The molecule has 67 heavy (non-hydrogen) atoms. The Hall–Kier alpha value is -7.33. The molecule has 0 saturated carbocycles. The summed E-state index contributed by atoms with van der Waals surface area (Å²) in [6.07, 6.45) is 0. The number of rotatable bonds is 9. The third-order valence-corrected chi connectivity index (χ3v) is 11.3. The Morgan fingerprint density at radius 1 is 0.373 bits per heavy atom. The number of carboxylic acid groups (broad SMARTS) is 3. The molecule has 0 aliphatic carbocycles. The third-order valence-electron chi connectivity index (χ3n) is 11.3. The maximum atomic E-state index is 11.8. The molecular formula is C51H48IrN9O6. The molecule has 0 saturated heterocycles. The van der Waals surface area contributed by atoms with Gasteiger partial charge < -0.3 is 29.7 Å². The first-order chi connectivity index (χ1) is 31.6. The summed E-state index contributed by atoms with van der Waals surface area (Å²) in [6.45, 7) is 11.2. The average molecular weight is 1080 g/mol. The molecule has 3 unspecified atom stereocenters. The van der Waals surface area contributed by atoms with Crippen molar-refractivity contribution in [3.8, 4) is 0 Å². The van der Waals surface area contributed by atoms with Gasteiger partial charge in [-0.1, -0.05) is 146 Å². The first-order valence-electron chi connectivity index (χ1n) is 21.0. The average Bonchev–Trinajstić information content (AvgIpc) is 4.00. The van der Waals surface area contributed by atoms with Gasteiger partial charge in [0.2, 0.25) is 0 Å². The fourth-order valence-electron chi connectivity index (χ4n) is 7.88. The van der Waals surface area contributed by atoms with Crippen molar-refractivity contribution in [1.82, 2.24) is 16.3 Å². The molecule has 0 amide bonds. The molecule has 0 bridgehead atoms. The number of aliphatic carboxylic acids is 3. The first kappa shape index (κ1) is 49.1. The number of hydrogen-bond acceptors (Lipinski definition) is 15. The van der Waals surface area contributed by atoms with Gasteiger partial charge in [0, 0.05) is 16.7 Å². The fraction of sp³-hybridized carbons (Fsp3) is 0.176. The summed E-state index contributed by atoms with van der Waals surface area (Å²) in [4.78, 5) is 48.5. The van der Waals surface area contributed by atoms with Crippen LogP contribution < -0.4 is 46.6 Å². The zero-order valence-corrected chi connectivity index (χ0v) is 39.9. The molecule has 342 valence electrons. The van der Waals surface area contributed by atoms with Gasteiger partial charge in [-0.05, 0) is 76.4 Å². The summed E-state index contributed by atoms with van der Waals surface area (Å²) in [5.41, 5.74) is 11.4. The van der Waals surface area contributed by atoms with Crippen molar-refractivity contribution in [2.75, 3.05) is 15.0 Å². The summed E-state index contributed by atoms with van der Waals surface area (Å²) < 4.78 is 0. The van der Waals surface area contributed by atoms with Crippen molar-refractivity contribution in [3.05, 3.63) is 197 Å². The van der Waals surface area contributed by atoms with Crippen molar-refractivity contribution in [2.45, 2.75) is 58.5 Å². The number of amidine groups is 3. The number of carbonyl (C=O) groups excluding carboxylic acids is 3. The Morgan fingerprint density at radius 3 is 0.791 bits per heavy atom. The van der Waals surface area contributed by atoms with E-state index in [0.717, 1.165) is 33.8 Å². The minimum absolute atomic E-state index is 0. The van der Waals surface area contributed by atoms with Crippen molar-refractivity contribution in [2.24, 2.45) is 15.0 Å². The van der Waals surface area contributed by atoms with Crippen LogP contribution in [0, 0.1) is 20.8 Å². The molecule has 9 rings (SSSR count). The van der Waals surface area contributed by atoms with Crippen LogP contribution in [0.15, 0.2) is 179 Å². The van der Waals surface area contributed by atoms with Gasteiger partial charge in [-0.25, -0.2) is 15.0 Å². The molecule has 0 aromatic heterocycles. The van der Waals surface area contributed by atoms with Crippen LogP contribution in [0.25, 0.3) is 0 Å². The van der Waals surface area contributed by atoms with Crippen molar-refractivity contribution < 1.29 is 49.8 Å². The van der Waals surface area contributed by atoms with E-state index in [-0.39, 0.29) is 20.1 Å². The summed E-state index contributed by atoms with van der Waals surface area (Å²) >= 11 is 0. The van der Waals surface area contributed by atoms with Crippen LogP contribution in [0.5, 0.6) is 0 Å². The number of hydrogen-bond donors (Lipinski definition) is 3. The number of para-hydroxylation sites is 3. The van der Waals surface area contributed by atoms with E-state index < -0.39 is 34.9 Å². The van der Waals surface area contributed by atoms with Crippen LogP contribution >= 0.6 is 0 Å². The molecule has 0 radical (unpaired) electrons. The molecule has 6 aromatic rings. The Morgan fingerprint density at radius 2 is 0.582 bits per heavy atom. The third kappa shape index (κ3) is 9.66. The molecule has 0 spiro atoms. The van der Waals surface area contributed by atoms with Gasteiger partial charge in [0.25, 0.3) is 0 Å². The number of aliphatic imine (C=N–C) groups is 3. The second-order valence-corrected chi connectivity index (χ2v) is 15.8. The number of anilines is 3. The van der Waals surface area contributed by atoms with Crippen LogP contribution in [0.4, 0.5) is 17.1 Å². The summed E-state index contributed by atoms with van der Waals surface area (Å²) in [7, 11) is 0. The molecule has 16 heteroatoms. The molecule has 3 atom stereocenters. The monoisotopic (exact) mass is 1080 g/mol. The van der Waals surface area contributed by atoms with E-state index in [1.165, 1.54) is 0 Å². The van der Waals surface area contributed by atoms with E-state index in [2.05, 4.69) is 31.3 Å². The van der Waals surface area contributed by atoms with E-state index in [1.807, 2.05) is 112 Å². The molecule has 15 nitrogen and oxygen atoms in total. The molecule has 3 N–H and O–H groups in total. The molecular weight excluding hydrogens is 1030 g/mol. The molecule has 3 aliphatic heterocycles. The summed E-state index contributed by atoms with van der Waals surface area (Å²) in [5, 5.41) is 40.5. The fourth-order valence-corrected chi connectivity index (χ4v) is 7.88. The maximum absolute atomic E-state index is 11.8. The topological polar surface area (TPSA) is 203 Å². The van der Waals surface area contributed by atoms with Crippen LogP contribution in [-0.2, 0) is 51.5 Å². The van der Waals surface area contributed by atoms with E-state index >= 15 is 0 Å². The molecule has 3 aliphatic rings. The van der Waals surface area contributed by atoms with Gasteiger partial charge in [-0.2, -0.15) is 16.3 Å². The predicted octanol–water partition coefficient (Wildman–Crippen LogP) is 4.02. The van der Waals surface area contributed by atoms with Gasteiger partial charge >= 0.3 is 20.1 Å². The largest absolute Gasteiger partial charge is 3.00 e. The van der Waals surface area contributed by atoms with E-state index in [4.69, 9.17) is 0 Å². The number of nitrogens with one attached hydrogen (secondary N) is 3. The normalized spacial score (nSPS) is 20.5. The number of carboxylic acids is 3. The quantitative estimate of drug-likeness (QED) is 0.188. The van der Waals surface area contributed by atoms with Crippen molar-refractivity contribution in [1.29, 1.82) is 0 Å².